The second-order valence-electron chi connectivity index (χ2n) is 8.23. The molecule has 0 bridgehead atoms. The van der Waals surface area contributed by atoms with Crippen molar-refractivity contribution in [3.63, 3.8) is 0 Å². The molecule has 156 valence electrons. The molecular formula is C21H23ClN6O2. The van der Waals surface area contributed by atoms with Crippen molar-refractivity contribution < 1.29 is 9.63 Å². The predicted molar refractivity (Wildman–Crippen MR) is 112 cm³/mol. The zero-order valence-corrected chi connectivity index (χ0v) is 17.4. The van der Waals surface area contributed by atoms with Crippen LogP contribution in [0.15, 0.2) is 30.7 Å². The average Bonchev–Trinajstić information content (AvgIpc) is 3.35. The number of hydrogen-bond acceptors (Lipinski definition) is 6. The third-order valence-corrected chi connectivity index (χ3v) is 6.19. The van der Waals surface area contributed by atoms with Crippen LogP contribution in [-0.2, 0) is 11.4 Å². The van der Waals surface area contributed by atoms with Gasteiger partial charge in [-0.1, -0.05) is 31.4 Å². The molecule has 3 aromatic heterocycles. The van der Waals surface area contributed by atoms with Gasteiger partial charge in [0.1, 0.15) is 5.69 Å². The minimum absolute atomic E-state index is 0.424. The Morgan fingerprint density at radius 3 is 2.80 bits per heavy atom. The van der Waals surface area contributed by atoms with Crippen molar-refractivity contribution in [3.8, 4) is 11.3 Å². The monoisotopic (exact) mass is 426 g/mol. The molecule has 1 amide bonds. The minimum atomic E-state index is -0.615. The van der Waals surface area contributed by atoms with Gasteiger partial charge in [-0.25, -0.2) is 14.8 Å². The van der Waals surface area contributed by atoms with Crippen LogP contribution in [-0.4, -0.2) is 25.6 Å². The number of hydrogen-bond donors (Lipinski definition) is 2. The number of carbonyl (C=O) groups is 1. The number of nitrogens with one attached hydrogen (secondary N) is 2. The Kier molecular flexibility index (Phi) is 5.04. The molecule has 3 aromatic rings. The van der Waals surface area contributed by atoms with E-state index in [-0.39, 0.29) is 0 Å². The van der Waals surface area contributed by atoms with E-state index in [4.69, 9.17) is 21.4 Å². The second-order valence-corrected chi connectivity index (χ2v) is 8.67. The fourth-order valence-electron chi connectivity index (χ4n) is 4.34. The zero-order valence-electron chi connectivity index (χ0n) is 16.6. The van der Waals surface area contributed by atoms with Crippen molar-refractivity contribution >= 4 is 28.7 Å². The van der Waals surface area contributed by atoms with E-state index in [2.05, 4.69) is 38.5 Å². The number of carbonyl (C=O) groups excluding carboxylic acids is 1. The summed E-state index contributed by atoms with van der Waals surface area (Å²) in [7, 11) is 0. The molecule has 1 atom stereocenters. The molecule has 0 spiro atoms. The molecule has 2 fully saturated rings. The Hall–Kier alpha value is -2.71. The summed E-state index contributed by atoms with van der Waals surface area (Å²) >= 11 is 6.21. The van der Waals surface area contributed by atoms with Gasteiger partial charge in [0.15, 0.2) is 12.0 Å². The molecule has 8 nitrogen and oxygen atoms in total. The lowest BCUT2D eigenvalue weighted by Gasteiger charge is -2.27. The molecule has 4 heterocycles. The summed E-state index contributed by atoms with van der Waals surface area (Å²) in [5.74, 6) is 1.89. The molecule has 2 N–H and O–H groups in total. The number of fused-ring (bicyclic) bond motifs is 1. The first-order valence-corrected chi connectivity index (χ1v) is 10.6. The number of halogens is 1. The van der Waals surface area contributed by atoms with E-state index >= 15 is 0 Å². The first kappa shape index (κ1) is 19.3. The SMILES string of the molecule is CC1CCC(Cn2ccc3nc(C4NOC(=O)N4)nc(-c4cncc(Cl)c4)c32)CC1. The number of rotatable bonds is 4. The van der Waals surface area contributed by atoms with Gasteiger partial charge in [-0.2, -0.15) is 0 Å². The van der Waals surface area contributed by atoms with Crippen LogP contribution in [0.25, 0.3) is 22.3 Å². The molecule has 1 unspecified atom stereocenters. The predicted octanol–water partition coefficient (Wildman–Crippen LogP) is 4.22. The summed E-state index contributed by atoms with van der Waals surface area (Å²) in [6.45, 7) is 3.27. The number of pyridine rings is 1. The number of nitrogens with zero attached hydrogens (tertiary/aromatic N) is 4. The van der Waals surface area contributed by atoms with E-state index in [0.717, 1.165) is 34.8 Å². The van der Waals surface area contributed by atoms with E-state index in [1.807, 2.05) is 12.1 Å². The highest BCUT2D eigenvalue weighted by Gasteiger charge is 2.28. The van der Waals surface area contributed by atoms with Crippen molar-refractivity contribution in [1.29, 1.82) is 0 Å². The molecule has 2 aliphatic rings. The quantitative estimate of drug-likeness (QED) is 0.648. The van der Waals surface area contributed by atoms with E-state index in [9.17, 15) is 4.79 Å². The normalized spacial score (nSPS) is 24.1. The summed E-state index contributed by atoms with van der Waals surface area (Å²) < 4.78 is 2.24. The van der Waals surface area contributed by atoms with Gasteiger partial charge >= 0.3 is 6.09 Å². The summed E-state index contributed by atoms with van der Waals surface area (Å²) in [6.07, 6.45) is 9.28. The van der Waals surface area contributed by atoms with Crippen molar-refractivity contribution in [2.24, 2.45) is 11.8 Å². The Morgan fingerprint density at radius 1 is 1.23 bits per heavy atom. The van der Waals surface area contributed by atoms with Crippen LogP contribution < -0.4 is 10.8 Å². The van der Waals surface area contributed by atoms with Gasteiger partial charge in [-0.15, -0.1) is 5.48 Å². The van der Waals surface area contributed by atoms with Crippen molar-refractivity contribution in [2.45, 2.75) is 45.3 Å². The lowest BCUT2D eigenvalue weighted by atomic mass is 9.83. The molecule has 1 aliphatic carbocycles. The minimum Gasteiger partial charge on any atom is -0.351 e. The standard InChI is InChI=1S/C21H23ClN6O2/c1-12-2-4-13(5-3-12)11-28-7-6-16-18(28)17(14-8-15(22)10-23-9-14)25-19(24-16)20-26-21(29)30-27-20/h6-10,12-13,20,27H,2-5,11H2,1H3,(H,26,29). The number of amides is 1. The third kappa shape index (κ3) is 3.73. The van der Waals surface area contributed by atoms with E-state index in [0.29, 0.717) is 16.8 Å². The molecule has 0 aromatic carbocycles. The van der Waals surface area contributed by atoms with Gasteiger partial charge in [0, 0.05) is 30.7 Å². The fraction of sp³-hybridized carbons (Fsp3) is 0.429. The Morgan fingerprint density at radius 2 is 2.07 bits per heavy atom. The van der Waals surface area contributed by atoms with E-state index in [1.165, 1.54) is 25.7 Å². The van der Waals surface area contributed by atoms with Crippen molar-refractivity contribution in [3.05, 3.63) is 41.6 Å². The highest BCUT2D eigenvalue weighted by Crippen LogP contribution is 2.33. The summed E-state index contributed by atoms with van der Waals surface area (Å²) in [5, 5.41) is 3.19. The van der Waals surface area contributed by atoms with Gasteiger partial charge in [0.25, 0.3) is 0 Å². The fourth-order valence-corrected chi connectivity index (χ4v) is 4.52. The first-order valence-electron chi connectivity index (χ1n) is 10.3. The summed E-state index contributed by atoms with van der Waals surface area (Å²) in [6, 6.07) is 3.84. The van der Waals surface area contributed by atoms with Gasteiger partial charge in [0.05, 0.1) is 16.1 Å². The van der Waals surface area contributed by atoms with Gasteiger partial charge < -0.3 is 9.40 Å². The van der Waals surface area contributed by atoms with Crippen LogP contribution in [0.5, 0.6) is 0 Å². The second kappa shape index (κ2) is 7.85. The first-order chi connectivity index (χ1) is 14.6. The number of hydroxylamine groups is 1. The van der Waals surface area contributed by atoms with Gasteiger partial charge in [-0.3, -0.25) is 10.3 Å². The zero-order chi connectivity index (χ0) is 20.7. The molecule has 1 aliphatic heterocycles. The van der Waals surface area contributed by atoms with Crippen molar-refractivity contribution in [2.75, 3.05) is 0 Å². The molecule has 1 saturated heterocycles. The Balaban J connectivity index is 1.58. The lowest BCUT2D eigenvalue weighted by molar-refractivity contribution is 0.120. The average molecular weight is 427 g/mol. The van der Waals surface area contributed by atoms with Gasteiger partial charge in [-0.05, 0) is 36.8 Å². The molecule has 0 radical (unpaired) electrons. The number of aromatic nitrogens is 4. The highest BCUT2D eigenvalue weighted by atomic mass is 35.5. The highest BCUT2D eigenvalue weighted by molar-refractivity contribution is 6.30. The van der Waals surface area contributed by atoms with Crippen molar-refractivity contribution in [1.82, 2.24) is 30.3 Å². The van der Waals surface area contributed by atoms with Crippen LogP contribution in [0.3, 0.4) is 0 Å². The largest absolute Gasteiger partial charge is 0.427 e. The van der Waals surface area contributed by atoms with Crippen LogP contribution in [0.1, 0.15) is 44.6 Å². The Bertz CT molecular complexity index is 1090. The van der Waals surface area contributed by atoms with E-state index in [1.54, 1.807) is 12.4 Å². The smallest absolute Gasteiger partial charge is 0.351 e. The molecule has 9 heteroatoms. The third-order valence-electron chi connectivity index (χ3n) is 5.99. The molecule has 30 heavy (non-hydrogen) atoms. The Labute approximate surface area is 179 Å². The van der Waals surface area contributed by atoms with Crippen LogP contribution >= 0.6 is 11.6 Å². The topological polar surface area (TPSA) is 94.0 Å². The maximum Gasteiger partial charge on any atom is 0.427 e. The van der Waals surface area contributed by atoms with Crippen LogP contribution in [0, 0.1) is 11.8 Å². The summed E-state index contributed by atoms with van der Waals surface area (Å²) in [4.78, 5) is 29.9. The van der Waals surface area contributed by atoms with Crippen LogP contribution in [0.4, 0.5) is 4.79 Å². The lowest BCUT2D eigenvalue weighted by Crippen LogP contribution is -2.25. The van der Waals surface area contributed by atoms with Crippen LogP contribution in [0.2, 0.25) is 5.02 Å². The summed E-state index contributed by atoms with van der Waals surface area (Å²) in [5.41, 5.74) is 5.92. The maximum absolute atomic E-state index is 11.5. The maximum atomic E-state index is 11.5. The molecule has 1 saturated carbocycles. The van der Waals surface area contributed by atoms with Gasteiger partial charge in [0.2, 0.25) is 0 Å². The molecular weight excluding hydrogens is 404 g/mol. The molecule has 5 rings (SSSR count). The van der Waals surface area contributed by atoms with E-state index < -0.39 is 12.3 Å².